The summed E-state index contributed by atoms with van der Waals surface area (Å²) >= 11 is 0. The lowest BCUT2D eigenvalue weighted by atomic mass is 9.97. The highest BCUT2D eigenvalue weighted by Gasteiger charge is 2.26. The fraction of sp³-hybridized carbons (Fsp3) is 0.381. The molecule has 2 amide bonds. The zero-order valence-corrected chi connectivity index (χ0v) is 15.1. The molecule has 4 rings (SSSR count). The summed E-state index contributed by atoms with van der Waals surface area (Å²) in [6.07, 6.45) is 2.61. The molecule has 2 heterocycles. The predicted molar refractivity (Wildman–Crippen MR) is 100.0 cm³/mol. The third-order valence-electron chi connectivity index (χ3n) is 4.99. The van der Waals surface area contributed by atoms with Gasteiger partial charge in [-0.15, -0.1) is 0 Å². The summed E-state index contributed by atoms with van der Waals surface area (Å²) in [6, 6.07) is 10.1. The SMILES string of the molecule is Cc1ccc(CNC(=O)NCCc2c3c(cc4c2OCC4)OCC3)cc1. The van der Waals surface area contributed by atoms with E-state index in [1.54, 1.807) is 0 Å². The van der Waals surface area contributed by atoms with Crippen molar-refractivity contribution in [2.75, 3.05) is 19.8 Å². The fourth-order valence-electron chi connectivity index (χ4n) is 3.60. The quantitative estimate of drug-likeness (QED) is 0.870. The topological polar surface area (TPSA) is 59.6 Å². The molecule has 0 atom stereocenters. The van der Waals surface area contributed by atoms with E-state index >= 15 is 0 Å². The molecule has 0 spiro atoms. The Balaban J connectivity index is 1.32. The molecular weight excluding hydrogens is 328 g/mol. The Morgan fingerprint density at radius 1 is 1.08 bits per heavy atom. The lowest BCUT2D eigenvalue weighted by Crippen LogP contribution is -2.36. The summed E-state index contributed by atoms with van der Waals surface area (Å²) in [5, 5.41) is 5.85. The maximum atomic E-state index is 12.1. The highest BCUT2D eigenvalue weighted by molar-refractivity contribution is 5.73. The number of hydrogen-bond donors (Lipinski definition) is 2. The van der Waals surface area contributed by atoms with Gasteiger partial charge in [-0.05, 0) is 25.0 Å². The highest BCUT2D eigenvalue weighted by Crippen LogP contribution is 2.40. The molecule has 0 saturated carbocycles. The molecule has 2 aromatic carbocycles. The zero-order valence-electron chi connectivity index (χ0n) is 15.1. The second-order valence-electron chi connectivity index (χ2n) is 6.86. The number of nitrogens with one attached hydrogen (secondary N) is 2. The fourth-order valence-corrected chi connectivity index (χ4v) is 3.60. The molecule has 0 aromatic heterocycles. The molecule has 0 bridgehead atoms. The minimum absolute atomic E-state index is 0.146. The molecule has 2 N–H and O–H groups in total. The number of aryl methyl sites for hydroxylation is 1. The summed E-state index contributed by atoms with van der Waals surface area (Å²) in [6.45, 7) is 4.62. The number of urea groups is 1. The van der Waals surface area contributed by atoms with Gasteiger partial charge in [0, 0.05) is 42.6 Å². The van der Waals surface area contributed by atoms with E-state index in [4.69, 9.17) is 9.47 Å². The number of amides is 2. The number of hydrogen-bond acceptors (Lipinski definition) is 3. The summed E-state index contributed by atoms with van der Waals surface area (Å²) in [5.41, 5.74) is 5.98. The second-order valence-corrected chi connectivity index (χ2v) is 6.86. The van der Waals surface area contributed by atoms with Crippen LogP contribution < -0.4 is 20.1 Å². The predicted octanol–water partition coefficient (Wildman–Crippen LogP) is 2.91. The summed E-state index contributed by atoms with van der Waals surface area (Å²) in [4.78, 5) is 12.1. The first kappa shape index (κ1) is 16.8. The van der Waals surface area contributed by atoms with Gasteiger partial charge in [0.25, 0.3) is 0 Å². The summed E-state index contributed by atoms with van der Waals surface area (Å²) < 4.78 is 11.6. The number of ether oxygens (including phenoxy) is 2. The Morgan fingerprint density at radius 3 is 2.73 bits per heavy atom. The molecule has 0 aliphatic carbocycles. The maximum absolute atomic E-state index is 12.1. The molecule has 5 heteroatoms. The average molecular weight is 352 g/mol. The van der Waals surface area contributed by atoms with E-state index in [-0.39, 0.29) is 6.03 Å². The highest BCUT2D eigenvalue weighted by atomic mass is 16.5. The van der Waals surface area contributed by atoms with Crippen molar-refractivity contribution in [3.8, 4) is 11.5 Å². The number of carbonyl (C=O) groups excluding carboxylic acids is 1. The lowest BCUT2D eigenvalue weighted by molar-refractivity contribution is 0.240. The van der Waals surface area contributed by atoms with Crippen LogP contribution >= 0.6 is 0 Å². The van der Waals surface area contributed by atoms with Crippen LogP contribution in [0.2, 0.25) is 0 Å². The van der Waals surface area contributed by atoms with Crippen LogP contribution in [0, 0.1) is 6.92 Å². The van der Waals surface area contributed by atoms with Crippen molar-refractivity contribution in [3.63, 3.8) is 0 Å². The summed E-state index contributed by atoms with van der Waals surface area (Å²) in [5.74, 6) is 2.00. The van der Waals surface area contributed by atoms with E-state index in [0.29, 0.717) is 13.1 Å². The van der Waals surface area contributed by atoms with Crippen molar-refractivity contribution < 1.29 is 14.3 Å². The van der Waals surface area contributed by atoms with Gasteiger partial charge in [0.05, 0.1) is 13.2 Å². The van der Waals surface area contributed by atoms with Crippen LogP contribution in [0.15, 0.2) is 30.3 Å². The van der Waals surface area contributed by atoms with E-state index < -0.39 is 0 Å². The van der Waals surface area contributed by atoms with Gasteiger partial charge in [-0.25, -0.2) is 4.79 Å². The van der Waals surface area contributed by atoms with Crippen LogP contribution in [0.4, 0.5) is 4.79 Å². The third-order valence-corrected chi connectivity index (χ3v) is 4.99. The second kappa shape index (κ2) is 7.28. The number of fused-ring (bicyclic) bond motifs is 2. The van der Waals surface area contributed by atoms with Crippen molar-refractivity contribution in [2.24, 2.45) is 0 Å². The van der Waals surface area contributed by atoms with Crippen LogP contribution in [0.3, 0.4) is 0 Å². The van der Waals surface area contributed by atoms with Crippen molar-refractivity contribution in [2.45, 2.75) is 32.7 Å². The van der Waals surface area contributed by atoms with Gasteiger partial charge in [0.2, 0.25) is 0 Å². The standard InChI is InChI=1S/C21H24N2O3/c1-14-2-4-15(5-3-14)13-23-21(24)22-9-6-18-17-8-11-25-19(17)12-16-7-10-26-20(16)18/h2-5,12H,6-11,13H2,1H3,(H2,22,23,24). The zero-order chi connectivity index (χ0) is 17.9. The van der Waals surface area contributed by atoms with Crippen molar-refractivity contribution in [3.05, 3.63) is 58.1 Å². The maximum Gasteiger partial charge on any atom is 0.315 e. The molecule has 2 aliphatic rings. The first-order valence-electron chi connectivity index (χ1n) is 9.21. The van der Waals surface area contributed by atoms with E-state index in [1.165, 1.54) is 22.3 Å². The van der Waals surface area contributed by atoms with Gasteiger partial charge in [-0.3, -0.25) is 0 Å². The van der Waals surface area contributed by atoms with Gasteiger partial charge in [-0.2, -0.15) is 0 Å². The monoisotopic (exact) mass is 352 g/mol. The first-order valence-corrected chi connectivity index (χ1v) is 9.21. The molecule has 5 nitrogen and oxygen atoms in total. The molecule has 136 valence electrons. The Labute approximate surface area is 153 Å². The Kier molecular flexibility index (Phi) is 4.69. The minimum atomic E-state index is -0.146. The molecule has 2 aromatic rings. The number of carbonyl (C=O) groups is 1. The molecule has 0 unspecified atom stereocenters. The summed E-state index contributed by atoms with van der Waals surface area (Å²) in [7, 11) is 0. The smallest absolute Gasteiger partial charge is 0.315 e. The van der Waals surface area contributed by atoms with Crippen LogP contribution in [0.25, 0.3) is 0 Å². The van der Waals surface area contributed by atoms with Crippen molar-refractivity contribution in [1.29, 1.82) is 0 Å². The van der Waals surface area contributed by atoms with E-state index in [9.17, 15) is 4.79 Å². The van der Waals surface area contributed by atoms with Crippen LogP contribution in [0.5, 0.6) is 11.5 Å². The van der Waals surface area contributed by atoms with Gasteiger partial charge in [0.15, 0.2) is 0 Å². The van der Waals surface area contributed by atoms with Gasteiger partial charge >= 0.3 is 6.03 Å². The average Bonchev–Trinajstić information content (AvgIpc) is 3.29. The van der Waals surface area contributed by atoms with E-state index in [2.05, 4.69) is 23.6 Å². The van der Waals surface area contributed by atoms with E-state index in [0.717, 1.165) is 49.5 Å². The van der Waals surface area contributed by atoms with Crippen molar-refractivity contribution in [1.82, 2.24) is 10.6 Å². The Hall–Kier alpha value is -2.69. The molecular formula is C21H24N2O3. The van der Waals surface area contributed by atoms with Crippen LogP contribution in [-0.4, -0.2) is 25.8 Å². The van der Waals surface area contributed by atoms with Crippen LogP contribution in [0.1, 0.15) is 27.8 Å². The minimum Gasteiger partial charge on any atom is -0.493 e. The molecule has 2 aliphatic heterocycles. The Morgan fingerprint density at radius 2 is 1.88 bits per heavy atom. The number of benzene rings is 2. The first-order chi connectivity index (χ1) is 12.7. The third kappa shape index (κ3) is 3.47. The lowest BCUT2D eigenvalue weighted by Gasteiger charge is -2.13. The Bertz CT molecular complexity index is 783. The molecule has 0 fully saturated rings. The van der Waals surface area contributed by atoms with E-state index in [1.807, 2.05) is 24.3 Å². The molecule has 26 heavy (non-hydrogen) atoms. The van der Waals surface area contributed by atoms with Gasteiger partial charge in [0.1, 0.15) is 11.5 Å². The van der Waals surface area contributed by atoms with Gasteiger partial charge < -0.3 is 20.1 Å². The van der Waals surface area contributed by atoms with Crippen LogP contribution in [-0.2, 0) is 25.8 Å². The van der Waals surface area contributed by atoms with Gasteiger partial charge in [-0.1, -0.05) is 29.8 Å². The number of rotatable bonds is 5. The molecule has 0 saturated heterocycles. The normalized spacial score (nSPS) is 14.2. The molecule has 0 radical (unpaired) electrons. The van der Waals surface area contributed by atoms with Crippen molar-refractivity contribution >= 4 is 6.03 Å². The largest absolute Gasteiger partial charge is 0.493 e.